The highest BCUT2D eigenvalue weighted by Crippen LogP contribution is 2.45. The van der Waals surface area contributed by atoms with Crippen molar-refractivity contribution >= 4 is 21.9 Å². The molecule has 0 atom stereocenters. The third-order valence-corrected chi connectivity index (χ3v) is 6.60. The molecule has 4 N–H and O–H groups in total. The second-order valence-corrected chi connectivity index (χ2v) is 9.06. The second-order valence-electron chi connectivity index (χ2n) is 9.06. The first-order valence-corrected chi connectivity index (χ1v) is 12.0. The van der Waals surface area contributed by atoms with Crippen molar-refractivity contribution in [3.8, 4) is 62.5 Å². The summed E-state index contributed by atoms with van der Waals surface area (Å²) in [6.45, 7) is 0. The van der Waals surface area contributed by atoms with Gasteiger partial charge in [-0.2, -0.15) is 0 Å². The quantitative estimate of drug-likeness (QED) is 0.221. The predicted molar refractivity (Wildman–Crippen MR) is 148 cm³/mol. The third-order valence-electron chi connectivity index (χ3n) is 6.60. The summed E-state index contributed by atoms with van der Waals surface area (Å²) < 4.78 is 17.6. The van der Waals surface area contributed by atoms with Crippen LogP contribution < -0.4 is 15.6 Å². The van der Waals surface area contributed by atoms with Crippen LogP contribution in [0.3, 0.4) is 0 Å². The van der Waals surface area contributed by atoms with Gasteiger partial charge in [-0.05, 0) is 54.6 Å². The van der Waals surface area contributed by atoms with Crippen molar-refractivity contribution in [3.63, 3.8) is 0 Å². The van der Waals surface area contributed by atoms with E-state index < -0.39 is 22.4 Å². The average Bonchev–Trinajstić information content (AvgIpc) is 2.92. The summed E-state index contributed by atoms with van der Waals surface area (Å²) in [5.74, 6) is -0.424. The number of methoxy groups -OCH3 is 1. The highest BCUT2D eigenvalue weighted by Gasteiger charge is 2.23. The lowest BCUT2D eigenvalue weighted by Gasteiger charge is -2.15. The maximum Gasteiger partial charge on any atom is 0.197 e. The molecule has 0 aliphatic carbocycles. The van der Waals surface area contributed by atoms with Gasteiger partial charge in [-0.15, -0.1) is 0 Å². The topological polar surface area (TPSA) is 151 Å². The van der Waals surface area contributed by atoms with E-state index in [1.54, 1.807) is 42.5 Å². The van der Waals surface area contributed by atoms with Crippen LogP contribution in [-0.4, -0.2) is 27.5 Å². The smallest absolute Gasteiger partial charge is 0.197 e. The number of aromatic hydroxyl groups is 4. The van der Waals surface area contributed by atoms with Crippen LogP contribution in [-0.2, 0) is 0 Å². The molecule has 0 saturated carbocycles. The molecule has 2 heterocycles. The average molecular weight is 536 g/mol. The number of fused-ring (bicyclic) bond motifs is 2. The van der Waals surface area contributed by atoms with Crippen LogP contribution in [0.4, 0.5) is 0 Å². The van der Waals surface area contributed by atoms with Crippen LogP contribution in [0.15, 0.2) is 97.3 Å². The maximum atomic E-state index is 13.1. The van der Waals surface area contributed by atoms with Crippen LogP contribution >= 0.6 is 0 Å². The minimum atomic E-state index is -0.557. The molecule has 0 radical (unpaired) electrons. The number of benzene rings is 4. The lowest BCUT2D eigenvalue weighted by molar-refractivity contribution is 0.415. The number of ether oxygens (including phenoxy) is 1. The lowest BCUT2D eigenvalue weighted by atomic mass is 9.96. The Kier molecular flexibility index (Phi) is 5.69. The summed E-state index contributed by atoms with van der Waals surface area (Å²) in [6.07, 6.45) is 0. The lowest BCUT2D eigenvalue weighted by Crippen LogP contribution is -2.03. The molecule has 6 rings (SSSR count). The van der Waals surface area contributed by atoms with Crippen LogP contribution in [0.5, 0.6) is 28.7 Å². The summed E-state index contributed by atoms with van der Waals surface area (Å²) in [7, 11) is 1.43. The Morgan fingerprint density at radius 2 is 1.32 bits per heavy atom. The molecule has 0 saturated heterocycles. The van der Waals surface area contributed by atoms with Crippen LogP contribution in [0.2, 0.25) is 0 Å². The largest absolute Gasteiger partial charge is 0.508 e. The molecule has 198 valence electrons. The van der Waals surface area contributed by atoms with Crippen molar-refractivity contribution in [2.75, 3.05) is 7.11 Å². The van der Waals surface area contributed by atoms with E-state index in [2.05, 4.69) is 0 Å². The summed E-state index contributed by atoms with van der Waals surface area (Å²) >= 11 is 0. The first kappa shape index (κ1) is 24.6. The van der Waals surface area contributed by atoms with Crippen molar-refractivity contribution in [1.82, 2.24) is 0 Å². The molecule has 0 spiro atoms. The van der Waals surface area contributed by atoms with Crippen molar-refractivity contribution in [2.24, 2.45) is 0 Å². The summed E-state index contributed by atoms with van der Waals surface area (Å²) in [5.41, 5.74) is 0.323. The zero-order chi connectivity index (χ0) is 28.1. The van der Waals surface area contributed by atoms with E-state index in [4.69, 9.17) is 13.6 Å². The number of phenols is 4. The summed E-state index contributed by atoms with van der Waals surface area (Å²) in [6, 6.07) is 18.8. The second kappa shape index (κ2) is 9.25. The zero-order valence-electron chi connectivity index (χ0n) is 20.8. The normalized spacial score (nSPS) is 11.2. The van der Waals surface area contributed by atoms with Gasteiger partial charge < -0.3 is 34.0 Å². The van der Waals surface area contributed by atoms with Crippen molar-refractivity contribution in [1.29, 1.82) is 0 Å². The molecule has 0 unspecified atom stereocenters. The van der Waals surface area contributed by atoms with E-state index in [-0.39, 0.29) is 56.1 Å². The predicted octanol–water partition coefficient (Wildman–Crippen LogP) is 5.73. The van der Waals surface area contributed by atoms with E-state index in [1.165, 1.54) is 37.4 Å². The van der Waals surface area contributed by atoms with Crippen molar-refractivity contribution < 1.29 is 34.0 Å². The first-order valence-electron chi connectivity index (χ1n) is 12.0. The molecule has 0 bridgehead atoms. The van der Waals surface area contributed by atoms with Gasteiger partial charge in [0.2, 0.25) is 0 Å². The Balaban J connectivity index is 1.63. The van der Waals surface area contributed by atoms with Crippen LogP contribution in [0, 0.1) is 0 Å². The fourth-order valence-corrected chi connectivity index (χ4v) is 4.72. The minimum Gasteiger partial charge on any atom is -0.508 e. The van der Waals surface area contributed by atoms with Gasteiger partial charge in [0.1, 0.15) is 56.6 Å². The van der Waals surface area contributed by atoms with Gasteiger partial charge in [-0.25, -0.2) is 0 Å². The first-order chi connectivity index (χ1) is 19.2. The van der Waals surface area contributed by atoms with Gasteiger partial charge in [0, 0.05) is 34.9 Å². The highest BCUT2D eigenvalue weighted by molar-refractivity contribution is 6.01. The van der Waals surface area contributed by atoms with E-state index in [1.807, 2.05) is 0 Å². The minimum absolute atomic E-state index is 0.0277. The van der Waals surface area contributed by atoms with Crippen molar-refractivity contribution in [3.05, 3.63) is 99.3 Å². The standard InChI is InChI=1S/C31H20O9/c1-38-24-10-7-16(27-13-22(36)29-19(33)3-2-4-25(29)39-27)11-18(24)28-20(34)12-21(35)30-23(37)14-26(40-31(28)30)15-5-8-17(32)9-6-15/h2-14,32-35H,1H3. The van der Waals surface area contributed by atoms with Gasteiger partial charge in [-0.3, -0.25) is 9.59 Å². The Bertz CT molecular complexity index is 2070. The summed E-state index contributed by atoms with van der Waals surface area (Å²) in [5, 5.41) is 41.2. The van der Waals surface area contributed by atoms with Crippen molar-refractivity contribution in [2.45, 2.75) is 0 Å². The Labute approximate surface area is 225 Å². The number of rotatable bonds is 4. The molecule has 4 aromatic carbocycles. The molecule has 9 heteroatoms. The van der Waals surface area contributed by atoms with E-state index in [0.29, 0.717) is 16.9 Å². The Hall–Kier alpha value is -5.70. The number of hydrogen-bond acceptors (Lipinski definition) is 9. The number of phenolic OH excluding ortho intramolecular Hbond substituents is 4. The Morgan fingerprint density at radius 1 is 0.650 bits per heavy atom. The number of hydrogen-bond donors (Lipinski definition) is 4. The van der Waals surface area contributed by atoms with E-state index in [0.717, 1.165) is 6.07 Å². The molecule has 0 aliphatic heterocycles. The van der Waals surface area contributed by atoms with Gasteiger partial charge in [0.05, 0.1) is 12.7 Å². The third kappa shape index (κ3) is 3.97. The van der Waals surface area contributed by atoms with Gasteiger partial charge in [-0.1, -0.05) is 6.07 Å². The monoisotopic (exact) mass is 536 g/mol. The van der Waals surface area contributed by atoms with E-state index in [9.17, 15) is 30.0 Å². The van der Waals surface area contributed by atoms with Gasteiger partial charge >= 0.3 is 0 Å². The van der Waals surface area contributed by atoms with E-state index >= 15 is 0 Å². The SMILES string of the molecule is COc1ccc(-c2cc(=O)c3c(O)cccc3o2)cc1-c1c(O)cc(O)c2c(=O)cc(-c3ccc(O)cc3)oc12. The fraction of sp³-hybridized carbons (Fsp3) is 0.0323. The maximum absolute atomic E-state index is 13.1. The van der Waals surface area contributed by atoms with Crippen LogP contribution in [0.25, 0.3) is 55.7 Å². The molecular weight excluding hydrogens is 516 g/mol. The molecule has 0 amide bonds. The molecule has 40 heavy (non-hydrogen) atoms. The molecule has 6 aromatic rings. The summed E-state index contributed by atoms with van der Waals surface area (Å²) in [4.78, 5) is 25.9. The fourth-order valence-electron chi connectivity index (χ4n) is 4.72. The molecule has 9 nitrogen and oxygen atoms in total. The molecule has 2 aromatic heterocycles. The zero-order valence-corrected chi connectivity index (χ0v) is 20.8. The highest BCUT2D eigenvalue weighted by atomic mass is 16.5. The molecule has 0 fully saturated rings. The molecule has 0 aliphatic rings. The Morgan fingerprint density at radius 3 is 2.05 bits per heavy atom. The van der Waals surface area contributed by atoms with Gasteiger partial charge in [0.15, 0.2) is 16.4 Å². The van der Waals surface area contributed by atoms with Crippen LogP contribution in [0.1, 0.15) is 0 Å². The van der Waals surface area contributed by atoms with Gasteiger partial charge in [0.25, 0.3) is 0 Å². The molecular formula is C31H20O9.